The summed E-state index contributed by atoms with van der Waals surface area (Å²) in [6, 6.07) is 22.2. The number of hydrogen-bond donors (Lipinski definition) is 2. The Bertz CT molecular complexity index is 1400. The van der Waals surface area contributed by atoms with E-state index < -0.39 is 0 Å². The zero-order valence-electron chi connectivity index (χ0n) is 19.0. The molecule has 1 amide bonds. The number of fused-ring (bicyclic) bond motifs is 1. The van der Waals surface area contributed by atoms with Gasteiger partial charge in [0.15, 0.2) is 11.5 Å². The van der Waals surface area contributed by atoms with Crippen LogP contribution in [0.25, 0.3) is 5.70 Å². The van der Waals surface area contributed by atoms with Crippen molar-refractivity contribution in [1.29, 1.82) is 0 Å². The average Bonchev–Trinajstić information content (AvgIpc) is 3.30. The van der Waals surface area contributed by atoms with Crippen LogP contribution in [-0.2, 0) is 0 Å². The van der Waals surface area contributed by atoms with Crippen molar-refractivity contribution in [3.63, 3.8) is 0 Å². The number of carbonyl (C=O) groups is 1. The molecule has 1 aliphatic heterocycles. The highest BCUT2D eigenvalue weighted by atomic mass is 35.5. The Morgan fingerprint density at radius 3 is 2.46 bits per heavy atom. The maximum atomic E-state index is 12.9. The summed E-state index contributed by atoms with van der Waals surface area (Å²) >= 11 is 6.07. The van der Waals surface area contributed by atoms with Gasteiger partial charge >= 0.3 is 0 Å². The van der Waals surface area contributed by atoms with Crippen molar-refractivity contribution in [2.24, 2.45) is 0 Å². The molecule has 1 aromatic heterocycles. The maximum absolute atomic E-state index is 12.9. The molecule has 0 spiro atoms. The Morgan fingerprint density at radius 1 is 1.00 bits per heavy atom. The Hall–Kier alpha value is -4.30. The van der Waals surface area contributed by atoms with Crippen molar-refractivity contribution in [2.45, 2.75) is 6.04 Å². The fourth-order valence-corrected chi connectivity index (χ4v) is 4.01. The van der Waals surface area contributed by atoms with Crippen LogP contribution in [0.5, 0.6) is 11.5 Å². The number of nitrogens with one attached hydrogen (secondary N) is 2. The first-order valence-corrected chi connectivity index (χ1v) is 11.2. The van der Waals surface area contributed by atoms with Crippen LogP contribution in [0.15, 0.2) is 78.9 Å². The molecule has 35 heavy (non-hydrogen) atoms. The van der Waals surface area contributed by atoms with Crippen LogP contribution in [0.1, 0.15) is 27.5 Å². The minimum atomic E-state index is -0.365. The number of hydrogen-bond acceptors (Lipinski definition) is 6. The number of methoxy groups -OCH3 is 2. The van der Waals surface area contributed by atoms with E-state index in [0.29, 0.717) is 28.0 Å². The second kappa shape index (κ2) is 9.52. The van der Waals surface area contributed by atoms with Gasteiger partial charge in [-0.15, -0.1) is 5.10 Å². The van der Waals surface area contributed by atoms with Crippen molar-refractivity contribution in [3.8, 4) is 11.5 Å². The van der Waals surface area contributed by atoms with E-state index in [1.807, 2.05) is 54.6 Å². The first kappa shape index (κ1) is 22.5. The highest BCUT2D eigenvalue weighted by Crippen LogP contribution is 2.34. The first-order chi connectivity index (χ1) is 17.1. The molecule has 0 saturated heterocycles. The summed E-state index contributed by atoms with van der Waals surface area (Å²) in [7, 11) is 3.06. The van der Waals surface area contributed by atoms with Crippen LogP contribution >= 0.6 is 11.6 Å². The molecule has 1 aliphatic rings. The highest BCUT2D eigenvalue weighted by molar-refractivity contribution is 6.30. The van der Waals surface area contributed by atoms with Gasteiger partial charge in [-0.05, 0) is 47.5 Å². The summed E-state index contributed by atoms with van der Waals surface area (Å²) in [4.78, 5) is 17.5. The molecule has 0 bridgehead atoms. The topological polar surface area (TPSA) is 90.3 Å². The number of nitrogens with zero attached hydrogens (tertiary/aromatic N) is 3. The van der Waals surface area contributed by atoms with Crippen LogP contribution in [0.4, 0.5) is 11.9 Å². The second-order valence-electron chi connectivity index (χ2n) is 7.80. The molecule has 0 saturated carbocycles. The van der Waals surface area contributed by atoms with E-state index in [1.165, 1.54) is 7.11 Å². The molecule has 0 fully saturated rings. The molecule has 5 rings (SSSR count). The van der Waals surface area contributed by atoms with Gasteiger partial charge in [-0.25, -0.2) is 4.68 Å². The Morgan fingerprint density at radius 2 is 1.74 bits per heavy atom. The molecular formula is C26H22ClN5O3. The number of allylic oxidation sites excluding steroid dienone is 1. The molecule has 8 nitrogen and oxygen atoms in total. The zero-order chi connectivity index (χ0) is 24.4. The third-order valence-electron chi connectivity index (χ3n) is 5.63. The fourth-order valence-electron chi connectivity index (χ4n) is 3.88. The van der Waals surface area contributed by atoms with Crippen molar-refractivity contribution in [1.82, 2.24) is 14.8 Å². The fraction of sp³-hybridized carbons (Fsp3) is 0.115. The lowest BCUT2D eigenvalue weighted by Gasteiger charge is -2.24. The summed E-state index contributed by atoms with van der Waals surface area (Å²) in [5, 5.41) is 11.3. The molecular weight excluding hydrogens is 466 g/mol. The lowest BCUT2D eigenvalue weighted by atomic mass is 10.0. The van der Waals surface area contributed by atoms with E-state index in [1.54, 1.807) is 30.0 Å². The summed E-state index contributed by atoms with van der Waals surface area (Å²) < 4.78 is 12.3. The summed E-state index contributed by atoms with van der Waals surface area (Å²) in [6.45, 7) is 0. The van der Waals surface area contributed by atoms with Gasteiger partial charge in [-0.3, -0.25) is 10.1 Å². The minimum Gasteiger partial charge on any atom is -0.493 e. The van der Waals surface area contributed by atoms with Gasteiger partial charge < -0.3 is 14.8 Å². The van der Waals surface area contributed by atoms with Crippen LogP contribution in [0, 0.1) is 0 Å². The Labute approximate surface area is 207 Å². The third kappa shape index (κ3) is 4.56. The number of anilines is 2. The molecule has 4 aromatic rings. The zero-order valence-corrected chi connectivity index (χ0v) is 19.8. The van der Waals surface area contributed by atoms with Gasteiger partial charge in [0.25, 0.3) is 11.9 Å². The summed E-state index contributed by atoms with van der Waals surface area (Å²) in [5.41, 5.74) is 3.25. The van der Waals surface area contributed by atoms with E-state index >= 15 is 0 Å². The second-order valence-corrected chi connectivity index (χ2v) is 8.23. The normalized spacial score (nSPS) is 14.4. The number of halogens is 1. The molecule has 176 valence electrons. The van der Waals surface area contributed by atoms with E-state index in [2.05, 4.69) is 26.8 Å². The predicted molar refractivity (Wildman–Crippen MR) is 135 cm³/mol. The molecule has 2 heterocycles. The number of rotatable bonds is 6. The number of benzene rings is 3. The SMILES string of the molecule is COc1ccc(C(=O)Nc2nc3n(n2)[C@@H](c2ccccc2)C=C(c2ccc(Cl)cc2)N3)cc1OC. The van der Waals surface area contributed by atoms with Crippen molar-refractivity contribution in [2.75, 3.05) is 24.9 Å². The molecule has 2 N–H and O–H groups in total. The van der Waals surface area contributed by atoms with Crippen molar-refractivity contribution >= 4 is 35.1 Å². The van der Waals surface area contributed by atoms with E-state index in [4.69, 9.17) is 21.1 Å². The summed E-state index contributed by atoms with van der Waals surface area (Å²) in [6.07, 6.45) is 2.07. The molecule has 3 aromatic carbocycles. The van der Waals surface area contributed by atoms with Gasteiger partial charge in [0.2, 0.25) is 5.95 Å². The van der Waals surface area contributed by atoms with Crippen LogP contribution in [0.2, 0.25) is 5.02 Å². The largest absolute Gasteiger partial charge is 0.493 e. The number of ether oxygens (including phenoxy) is 2. The maximum Gasteiger partial charge on any atom is 0.258 e. The Kier molecular flexibility index (Phi) is 6.12. The molecule has 0 radical (unpaired) electrons. The van der Waals surface area contributed by atoms with E-state index in [0.717, 1.165) is 16.8 Å². The summed E-state index contributed by atoms with van der Waals surface area (Å²) in [5.74, 6) is 1.32. The minimum absolute atomic E-state index is 0.180. The van der Waals surface area contributed by atoms with Crippen LogP contribution in [0.3, 0.4) is 0 Å². The lowest BCUT2D eigenvalue weighted by molar-refractivity contribution is 0.102. The first-order valence-electron chi connectivity index (χ1n) is 10.9. The highest BCUT2D eigenvalue weighted by Gasteiger charge is 2.26. The molecule has 1 atom stereocenters. The standard InChI is InChI=1S/C26H22ClN5O3/c1-34-22-13-10-18(14-23(22)35-2)24(33)29-25-30-26-28-20(16-8-11-19(27)12-9-16)15-21(32(26)31-25)17-6-4-3-5-7-17/h3-15,21H,1-2H3,(H2,28,29,30,31,33)/t21-/m1/s1. The van der Waals surface area contributed by atoms with E-state index in [-0.39, 0.29) is 17.9 Å². The van der Waals surface area contributed by atoms with Crippen molar-refractivity contribution < 1.29 is 14.3 Å². The monoisotopic (exact) mass is 487 g/mol. The predicted octanol–water partition coefficient (Wildman–Crippen LogP) is 5.26. The van der Waals surface area contributed by atoms with Crippen molar-refractivity contribution in [3.05, 3.63) is 101 Å². The number of aromatic nitrogens is 3. The van der Waals surface area contributed by atoms with Crippen LogP contribution < -0.4 is 20.1 Å². The van der Waals surface area contributed by atoms with Gasteiger partial charge in [0.1, 0.15) is 6.04 Å². The third-order valence-corrected chi connectivity index (χ3v) is 5.89. The van der Waals surface area contributed by atoms with Gasteiger partial charge in [-0.2, -0.15) is 4.98 Å². The average molecular weight is 488 g/mol. The van der Waals surface area contributed by atoms with Crippen LogP contribution in [-0.4, -0.2) is 34.9 Å². The lowest BCUT2D eigenvalue weighted by Crippen LogP contribution is -2.20. The number of carbonyl (C=O) groups excluding carboxylic acids is 1. The Balaban J connectivity index is 1.47. The number of amides is 1. The van der Waals surface area contributed by atoms with E-state index in [9.17, 15) is 4.79 Å². The molecule has 0 aliphatic carbocycles. The smallest absolute Gasteiger partial charge is 0.258 e. The molecule has 9 heteroatoms. The van der Waals surface area contributed by atoms with Gasteiger partial charge in [0.05, 0.1) is 14.2 Å². The quantitative estimate of drug-likeness (QED) is 0.385. The molecule has 0 unspecified atom stereocenters. The van der Waals surface area contributed by atoms with Gasteiger partial charge in [0, 0.05) is 16.3 Å². The van der Waals surface area contributed by atoms with Gasteiger partial charge in [-0.1, -0.05) is 54.1 Å².